The lowest BCUT2D eigenvalue weighted by Crippen LogP contribution is -2.26. The predicted octanol–water partition coefficient (Wildman–Crippen LogP) is 16.3. The third-order valence-electron chi connectivity index (χ3n) is 13.0. The van der Waals surface area contributed by atoms with Gasteiger partial charge in [0, 0.05) is 34.0 Å². The Morgan fingerprint density at radius 2 is 0.667 bits per heavy atom. The fraction of sp³-hybridized carbons (Fsp3) is 0.0164. The molecule has 0 amide bonds. The molecule has 0 bridgehead atoms. The van der Waals surface area contributed by atoms with Gasteiger partial charge in [-0.25, -0.2) is 0 Å². The Morgan fingerprint density at radius 3 is 1.27 bits per heavy atom. The maximum atomic E-state index is 2.49. The van der Waals surface area contributed by atoms with Gasteiger partial charge < -0.3 is 9.80 Å². The van der Waals surface area contributed by atoms with E-state index >= 15 is 0 Å². The molecule has 0 heterocycles. The molecule has 0 radical (unpaired) electrons. The smallest absolute Gasteiger partial charge is 0.0727 e. The lowest BCUT2D eigenvalue weighted by atomic mass is 9.70. The van der Waals surface area contributed by atoms with Crippen molar-refractivity contribution in [2.24, 2.45) is 0 Å². The third-order valence-corrected chi connectivity index (χ3v) is 13.0. The number of rotatable bonds is 8. The quantitative estimate of drug-likeness (QED) is 0.151. The molecule has 0 aliphatic heterocycles. The van der Waals surface area contributed by atoms with Crippen LogP contribution in [0.4, 0.5) is 34.1 Å². The van der Waals surface area contributed by atoms with Gasteiger partial charge in [0.1, 0.15) is 0 Å². The van der Waals surface area contributed by atoms with E-state index in [4.69, 9.17) is 0 Å². The first kappa shape index (κ1) is 36.6. The summed E-state index contributed by atoms with van der Waals surface area (Å²) in [7, 11) is 0. The molecule has 10 aromatic rings. The molecule has 2 aliphatic carbocycles. The van der Waals surface area contributed by atoms with Gasteiger partial charge in [-0.1, -0.05) is 188 Å². The van der Waals surface area contributed by atoms with Crippen molar-refractivity contribution in [1.29, 1.82) is 0 Å². The highest BCUT2D eigenvalue weighted by atomic mass is 15.1. The minimum atomic E-state index is -0.558. The minimum absolute atomic E-state index is 0.558. The summed E-state index contributed by atoms with van der Waals surface area (Å²) >= 11 is 0. The van der Waals surface area contributed by atoms with E-state index in [9.17, 15) is 0 Å². The zero-order chi connectivity index (χ0) is 41.7. The molecule has 2 nitrogen and oxygen atoms in total. The van der Waals surface area contributed by atoms with Gasteiger partial charge in [0.2, 0.25) is 0 Å². The van der Waals surface area contributed by atoms with Crippen LogP contribution in [0.25, 0.3) is 44.5 Å². The second kappa shape index (κ2) is 15.1. The van der Waals surface area contributed by atoms with E-state index in [0.29, 0.717) is 0 Å². The number of hydrogen-bond donors (Lipinski definition) is 0. The zero-order valence-corrected chi connectivity index (χ0v) is 34.6. The van der Waals surface area contributed by atoms with Crippen LogP contribution in [0.15, 0.2) is 255 Å². The largest absolute Gasteiger partial charge is 0.310 e. The van der Waals surface area contributed by atoms with Crippen LogP contribution in [0.5, 0.6) is 0 Å². The van der Waals surface area contributed by atoms with E-state index in [2.05, 4.69) is 265 Å². The third kappa shape index (κ3) is 5.80. The first-order chi connectivity index (χ1) is 31.3. The Morgan fingerprint density at radius 1 is 0.238 bits per heavy atom. The lowest BCUT2D eigenvalue weighted by molar-refractivity contribution is 0.793. The van der Waals surface area contributed by atoms with Crippen LogP contribution in [-0.2, 0) is 5.41 Å². The van der Waals surface area contributed by atoms with E-state index in [1.165, 1.54) is 66.8 Å². The Hall–Kier alpha value is -8.20. The summed E-state index contributed by atoms with van der Waals surface area (Å²) in [5, 5.41) is 0. The first-order valence-corrected chi connectivity index (χ1v) is 21.8. The maximum absolute atomic E-state index is 2.49. The van der Waals surface area contributed by atoms with Crippen LogP contribution in [0.1, 0.15) is 22.3 Å². The zero-order valence-electron chi connectivity index (χ0n) is 34.6. The molecule has 63 heavy (non-hydrogen) atoms. The van der Waals surface area contributed by atoms with Crippen LogP contribution in [0.2, 0.25) is 0 Å². The van der Waals surface area contributed by atoms with Gasteiger partial charge in [-0.15, -0.1) is 0 Å². The molecule has 12 rings (SSSR count). The molecule has 1 atom stereocenters. The number of anilines is 6. The van der Waals surface area contributed by atoms with Crippen molar-refractivity contribution in [3.05, 3.63) is 277 Å². The standard InChI is InChI=1S/C61H42N2/c1-6-21-43(22-7-1)50-39-37-48(41-54(50)44-23-8-2-9-24-44)62(45-25-10-3-11-26-45)49-38-40-52-51-31-16-18-33-55(51)61(58(52)42-49)56-34-19-17-32-53(56)60-57(61)35-20-36-59(60)63(46-27-12-4-13-28-46)47-29-14-5-15-30-47/h1-42H. The number of hydrogen-bond acceptors (Lipinski definition) is 2. The molecule has 10 aromatic carbocycles. The number of nitrogens with zero attached hydrogens (tertiary/aromatic N) is 2. The SMILES string of the molecule is c1ccc(-c2ccc(N(c3ccccc3)c3ccc4c(c3)C3(c5ccccc5-4)c4ccccc4-c4c(N(c5ccccc5)c5ccccc5)cccc43)cc2-c2ccccc2)cc1. The van der Waals surface area contributed by atoms with Crippen molar-refractivity contribution < 1.29 is 0 Å². The van der Waals surface area contributed by atoms with Gasteiger partial charge in [0.15, 0.2) is 0 Å². The van der Waals surface area contributed by atoms with Crippen molar-refractivity contribution in [2.75, 3.05) is 9.80 Å². The van der Waals surface area contributed by atoms with Gasteiger partial charge in [0.25, 0.3) is 0 Å². The van der Waals surface area contributed by atoms with E-state index in [0.717, 1.165) is 34.1 Å². The van der Waals surface area contributed by atoms with Gasteiger partial charge in [-0.05, 0) is 128 Å². The predicted molar refractivity (Wildman–Crippen MR) is 263 cm³/mol. The van der Waals surface area contributed by atoms with Gasteiger partial charge in [0.05, 0.1) is 11.1 Å². The monoisotopic (exact) mass is 802 g/mol. The van der Waals surface area contributed by atoms with Crippen molar-refractivity contribution in [1.82, 2.24) is 0 Å². The molecular formula is C61H42N2. The van der Waals surface area contributed by atoms with Crippen molar-refractivity contribution in [3.63, 3.8) is 0 Å². The summed E-state index contributed by atoms with van der Waals surface area (Å²) in [6.45, 7) is 0. The van der Waals surface area contributed by atoms with Gasteiger partial charge in [-0.2, -0.15) is 0 Å². The Kier molecular flexibility index (Phi) is 8.76. The Labute approximate surface area is 369 Å². The second-order valence-corrected chi connectivity index (χ2v) is 16.4. The molecule has 0 N–H and O–H groups in total. The summed E-state index contributed by atoms with van der Waals surface area (Å²) in [6.07, 6.45) is 0. The van der Waals surface area contributed by atoms with E-state index in [1.807, 2.05) is 0 Å². The molecule has 1 spiro atoms. The summed E-state index contributed by atoms with van der Waals surface area (Å²) in [5.41, 5.74) is 21.2. The molecule has 2 aliphatic rings. The van der Waals surface area contributed by atoms with E-state index in [-0.39, 0.29) is 0 Å². The topological polar surface area (TPSA) is 6.48 Å². The van der Waals surface area contributed by atoms with Crippen LogP contribution in [0, 0.1) is 0 Å². The van der Waals surface area contributed by atoms with Crippen LogP contribution in [-0.4, -0.2) is 0 Å². The fourth-order valence-electron chi connectivity index (χ4n) is 10.5. The van der Waals surface area contributed by atoms with Crippen LogP contribution in [0.3, 0.4) is 0 Å². The Bertz CT molecular complexity index is 3230. The highest BCUT2D eigenvalue weighted by Crippen LogP contribution is 2.65. The molecule has 1 unspecified atom stereocenters. The van der Waals surface area contributed by atoms with Crippen molar-refractivity contribution in [2.45, 2.75) is 5.41 Å². The normalized spacial score (nSPS) is 14.1. The first-order valence-electron chi connectivity index (χ1n) is 21.8. The number of benzene rings is 10. The van der Waals surface area contributed by atoms with Gasteiger partial charge >= 0.3 is 0 Å². The summed E-state index contributed by atoms with van der Waals surface area (Å²) in [4.78, 5) is 4.86. The highest BCUT2D eigenvalue weighted by molar-refractivity contribution is 6.02. The Balaban J connectivity index is 1.11. The average Bonchev–Trinajstić information content (AvgIpc) is 3.83. The minimum Gasteiger partial charge on any atom is -0.310 e. The summed E-state index contributed by atoms with van der Waals surface area (Å²) < 4.78 is 0. The molecule has 0 fully saturated rings. The molecule has 296 valence electrons. The summed E-state index contributed by atoms with van der Waals surface area (Å²) in [6, 6.07) is 93.2. The fourth-order valence-corrected chi connectivity index (χ4v) is 10.5. The number of fused-ring (bicyclic) bond motifs is 10. The molecule has 2 heteroatoms. The van der Waals surface area contributed by atoms with Crippen LogP contribution < -0.4 is 9.80 Å². The van der Waals surface area contributed by atoms with Crippen molar-refractivity contribution in [3.8, 4) is 44.5 Å². The van der Waals surface area contributed by atoms with Crippen molar-refractivity contribution >= 4 is 34.1 Å². The molecule has 0 aromatic heterocycles. The van der Waals surface area contributed by atoms with E-state index < -0.39 is 5.41 Å². The summed E-state index contributed by atoms with van der Waals surface area (Å²) in [5.74, 6) is 0. The maximum Gasteiger partial charge on any atom is 0.0727 e. The van der Waals surface area contributed by atoms with E-state index in [1.54, 1.807) is 0 Å². The average molecular weight is 803 g/mol. The highest BCUT2D eigenvalue weighted by Gasteiger charge is 2.52. The molecule has 0 saturated carbocycles. The lowest BCUT2D eigenvalue weighted by Gasteiger charge is -2.33. The number of para-hydroxylation sites is 3. The molecular weight excluding hydrogens is 761 g/mol. The second-order valence-electron chi connectivity index (χ2n) is 16.4. The molecule has 0 saturated heterocycles. The van der Waals surface area contributed by atoms with Gasteiger partial charge in [-0.3, -0.25) is 0 Å². The van der Waals surface area contributed by atoms with Crippen LogP contribution >= 0.6 is 0 Å².